The Morgan fingerprint density at radius 1 is 1.29 bits per heavy atom. The molecule has 0 saturated heterocycles. The average Bonchev–Trinajstić information content (AvgIpc) is 2.77. The van der Waals surface area contributed by atoms with Crippen molar-refractivity contribution in [3.8, 4) is 0 Å². The quantitative estimate of drug-likeness (QED) is 0.895. The van der Waals surface area contributed by atoms with Crippen molar-refractivity contribution in [1.82, 2.24) is 0 Å². The molecule has 1 unspecified atom stereocenters. The molecule has 0 saturated carbocycles. The normalized spacial score (nSPS) is 12.7. The molecule has 1 aromatic heterocycles. The van der Waals surface area contributed by atoms with Gasteiger partial charge < -0.3 is 5.73 Å². The highest BCUT2D eigenvalue weighted by molar-refractivity contribution is 9.10. The summed E-state index contributed by atoms with van der Waals surface area (Å²) in [5.74, 6) is 0. The molecular formula is C14H16BrNS. The summed E-state index contributed by atoms with van der Waals surface area (Å²) in [5, 5.41) is 4.26. The van der Waals surface area contributed by atoms with Crippen LogP contribution in [0.25, 0.3) is 0 Å². The van der Waals surface area contributed by atoms with Gasteiger partial charge in [0.25, 0.3) is 0 Å². The van der Waals surface area contributed by atoms with E-state index >= 15 is 0 Å². The molecule has 1 nitrogen and oxygen atoms in total. The van der Waals surface area contributed by atoms with Crippen LogP contribution in [0.4, 0.5) is 0 Å². The first-order valence-electron chi connectivity index (χ1n) is 5.61. The molecule has 0 spiro atoms. The monoisotopic (exact) mass is 309 g/mol. The van der Waals surface area contributed by atoms with Crippen molar-refractivity contribution in [3.63, 3.8) is 0 Å². The summed E-state index contributed by atoms with van der Waals surface area (Å²) in [6.45, 7) is 4.22. The lowest BCUT2D eigenvalue weighted by atomic mass is 9.98. The second kappa shape index (κ2) is 5.34. The van der Waals surface area contributed by atoms with Crippen LogP contribution in [0.15, 0.2) is 33.4 Å². The Kier molecular flexibility index (Phi) is 4.02. The smallest absolute Gasteiger partial charge is 0.0336 e. The second-order valence-electron chi connectivity index (χ2n) is 4.41. The highest BCUT2D eigenvalue weighted by Gasteiger charge is 2.10. The summed E-state index contributed by atoms with van der Waals surface area (Å²) in [6.07, 6.45) is 0.907. The molecule has 2 N–H and O–H groups in total. The van der Waals surface area contributed by atoms with Crippen molar-refractivity contribution in [2.45, 2.75) is 26.3 Å². The predicted molar refractivity (Wildman–Crippen MR) is 78.6 cm³/mol. The van der Waals surface area contributed by atoms with Gasteiger partial charge in [-0.2, -0.15) is 11.3 Å². The maximum atomic E-state index is 6.26. The first kappa shape index (κ1) is 12.8. The number of nitrogens with two attached hydrogens (primary N) is 1. The zero-order valence-electron chi connectivity index (χ0n) is 10.0. The molecule has 3 heteroatoms. The van der Waals surface area contributed by atoms with Crippen LogP contribution in [0.1, 0.15) is 28.3 Å². The Morgan fingerprint density at radius 3 is 2.47 bits per heavy atom. The van der Waals surface area contributed by atoms with Gasteiger partial charge in [-0.05, 0) is 59.3 Å². The van der Waals surface area contributed by atoms with E-state index in [1.807, 2.05) is 0 Å². The van der Waals surface area contributed by atoms with Crippen molar-refractivity contribution in [3.05, 3.63) is 55.7 Å². The summed E-state index contributed by atoms with van der Waals surface area (Å²) >= 11 is 5.31. The van der Waals surface area contributed by atoms with Crippen molar-refractivity contribution in [2.24, 2.45) is 5.73 Å². The average molecular weight is 310 g/mol. The first-order chi connectivity index (χ1) is 8.08. The SMILES string of the molecule is Cc1cc(C(N)Cc2ccsc2)cc(C)c1Br. The molecule has 0 aliphatic rings. The summed E-state index contributed by atoms with van der Waals surface area (Å²) < 4.78 is 1.18. The predicted octanol–water partition coefficient (Wildman–Crippen LogP) is 4.37. The highest BCUT2D eigenvalue weighted by atomic mass is 79.9. The van der Waals surface area contributed by atoms with Gasteiger partial charge in [-0.3, -0.25) is 0 Å². The van der Waals surface area contributed by atoms with E-state index in [4.69, 9.17) is 5.73 Å². The fourth-order valence-electron chi connectivity index (χ4n) is 1.97. The number of rotatable bonds is 3. The van der Waals surface area contributed by atoms with Gasteiger partial charge in [0.05, 0.1) is 0 Å². The number of benzene rings is 1. The molecular weight excluding hydrogens is 294 g/mol. The molecule has 0 fully saturated rings. The van der Waals surface area contributed by atoms with Gasteiger partial charge in [-0.15, -0.1) is 0 Å². The third-order valence-electron chi connectivity index (χ3n) is 2.92. The van der Waals surface area contributed by atoms with Crippen LogP contribution in [0.5, 0.6) is 0 Å². The Labute approximate surface area is 115 Å². The lowest BCUT2D eigenvalue weighted by Crippen LogP contribution is -2.13. The maximum absolute atomic E-state index is 6.26. The topological polar surface area (TPSA) is 26.0 Å². The fourth-order valence-corrected chi connectivity index (χ4v) is 2.88. The van der Waals surface area contributed by atoms with E-state index in [2.05, 4.69) is 58.7 Å². The molecule has 1 heterocycles. The highest BCUT2D eigenvalue weighted by Crippen LogP contribution is 2.26. The molecule has 2 aromatic rings. The van der Waals surface area contributed by atoms with E-state index in [-0.39, 0.29) is 6.04 Å². The van der Waals surface area contributed by atoms with E-state index in [1.54, 1.807) is 11.3 Å². The Bertz CT molecular complexity index is 482. The molecule has 17 heavy (non-hydrogen) atoms. The Hall–Kier alpha value is -0.640. The van der Waals surface area contributed by atoms with Gasteiger partial charge in [0.1, 0.15) is 0 Å². The molecule has 1 aromatic carbocycles. The van der Waals surface area contributed by atoms with Crippen molar-refractivity contribution in [2.75, 3.05) is 0 Å². The van der Waals surface area contributed by atoms with Crippen LogP contribution >= 0.6 is 27.3 Å². The Morgan fingerprint density at radius 2 is 1.94 bits per heavy atom. The van der Waals surface area contributed by atoms with Crippen LogP contribution < -0.4 is 5.73 Å². The second-order valence-corrected chi connectivity index (χ2v) is 5.98. The fraction of sp³-hybridized carbons (Fsp3) is 0.286. The third kappa shape index (κ3) is 2.97. The van der Waals surface area contributed by atoms with E-state index in [0.717, 1.165) is 6.42 Å². The minimum atomic E-state index is 0.0788. The standard InChI is InChI=1S/C14H16BrNS/c1-9-5-12(6-10(2)14(9)15)13(16)7-11-3-4-17-8-11/h3-6,8,13H,7,16H2,1-2H3. The largest absolute Gasteiger partial charge is 0.324 e. The van der Waals surface area contributed by atoms with Crippen LogP contribution in [-0.2, 0) is 6.42 Å². The van der Waals surface area contributed by atoms with Crippen molar-refractivity contribution < 1.29 is 0 Å². The summed E-state index contributed by atoms with van der Waals surface area (Å²) in [7, 11) is 0. The van der Waals surface area contributed by atoms with Gasteiger partial charge in [0.15, 0.2) is 0 Å². The number of thiophene rings is 1. The van der Waals surface area contributed by atoms with E-state index < -0.39 is 0 Å². The zero-order chi connectivity index (χ0) is 12.4. The first-order valence-corrected chi connectivity index (χ1v) is 7.35. The lowest BCUT2D eigenvalue weighted by Gasteiger charge is -2.14. The van der Waals surface area contributed by atoms with Crippen molar-refractivity contribution >= 4 is 27.3 Å². The molecule has 0 aliphatic carbocycles. The summed E-state index contributed by atoms with van der Waals surface area (Å²) in [5.41, 5.74) is 11.3. The summed E-state index contributed by atoms with van der Waals surface area (Å²) in [4.78, 5) is 0. The van der Waals surface area contributed by atoms with Gasteiger partial charge >= 0.3 is 0 Å². The minimum absolute atomic E-state index is 0.0788. The van der Waals surface area contributed by atoms with Crippen LogP contribution in [0.2, 0.25) is 0 Å². The summed E-state index contributed by atoms with van der Waals surface area (Å²) in [6, 6.07) is 6.57. The lowest BCUT2D eigenvalue weighted by molar-refractivity contribution is 0.722. The molecule has 2 rings (SSSR count). The zero-order valence-corrected chi connectivity index (χ0v) is 12.4. The molecule has 0 amide bonds. The van der Waals surface area contributed by atoms with Gasteiger partial charge in [0, 0.05) is 10.5 Å². The van der Waals surface area contributed by atoms with Crippen LogP contribution in [0.3, 0.4) is 0 Å². The Balaban J connectivity index is 2.22. The molecule has 90 valence electrons. The van der Waals surface area contributed by atoms with E-state index in [9.17, 15) is 0 Å². The third-order valence-corrected chi connectivity index (χ3v) is 4.91. The number of aryl methyl sites for hydroxylation is 2. The van der Waals surface area contributed by atoms with E-state index in [1.165, 1.54) is 26.7 Å². The molecule has 0 radical (unpaired) electrons. The minimum Gasteiger partial charge on any atom is -0.324 e. The van der Waals surface area contributed by atoms with Gasteiger partial charge in [0.2, 0.25) is 0 Å². The van der Waals surface area contributed by atoms with Gasteiger partial charge in [-0.1, -0.05) is 28.1 Å². The maximum Gasteiger partial charge on any atom is 0.0336 e. The van der Waals surface area contributed by atoms with E-state index in [0.29, 0.717) is 0 Å². The van der Waals surface area contributed by atoms with Gasteiger partial charge in [-0.25, -0.2) is 0 Å². The van der Waals surface area contributed by atoms with Crippen LogP contribution in [0, 0.1) is 13.8 Å². The number of hydrogen-bond donors (Lipinski definition) is 1. The molecule has 0 bridgehead atoms. The number of halogens is 1. The van der Waals surface area contributed by atoms with Crippen LogP contribution in [-0.4, -0.2) is 0 Å². The molecule has 0 aliphatic heterocycles. The number of hydrogen-bond acceptors (Lipinski definition) is 2. The molecule has 1 atom stereocenters. The van der Waals surface area contributed by atoms with Crippen molar-refractivity contribution in [1.29, 1.82) is 0 Å².